The second-order valence-corrected chi connectivity index (χ2v) is 13.0. The number of rotatable bonds is 13. The summed E-state index contributed by atoms with van der Waals surface area (Å²) < 4.78 is 26.9. The lowest BCUT2D eigenvalue weighted by Gasteiger charge is -2.34. The topological polar surface area (TPSA) is 130 Å². The molecule has 0 aliphatic carbocycles. The predicted molar refractivity (Wildman–Crippen MR) is 169 cm³/mol. The van der Waals surface area contributed by atoms with Crippen molar-refractivity contribution >= 4 is 56.4 Å². The van der Waals surface area contributed by atoms with Crippen molar-refractivity contribution in [2.24, 2.45) is 0 Å². The fourth-order valence-corrected chi connectivity index (χ4v) is 5.84. The van der Waals surface area contributed by atoms with Crippen LogP contribution in [0.15, 0.2) is 66.7 Å². The van der Waals surface area contributed by atoms with Crippen LogP contribution in [0.5, 0.6) is 0 Å². The van der Waals surface area contributed by atoms with E-state index < -0.39 is 39.3 Å². The van der Waals surface area contributed by atoms with Gasteiger partial charge in [0.05, 0.1) is 16.9 Å². The van der Waals surface area contributed by atoms with Gasteiger partial charge in [0.25, 0.3) is 5.69 Å². The van der Waals surface area contributed by atoms with E-state index in [9.17, 15) is 28.1 Å². The third-order valence-electron chi connectivity index (χ3n) is 7.01. The number of anilines is 1. The lowest BCUT2D eigenvalue weighted by Crippen LogP contribution is -2.54. The summed E-state index contributed by atoms with van der Waals surface area (Å²) in [4.78, 5) is 40.1. The number of non-ortho nitro benzene ring substituents is 1. The first-order valence-electron chi connectivity index (χ1n) is 13.5. The number of nitrogens with one attached hydrogen (secondary N) is 1. The normalized spacial score (nSPS) is 12.7. The molecule has 3 rings (SSSR count). The van der Waals surface area contributed by atoms with E-state index in [0.29, 0.717) is 17.5 Å². The zero-order chi connectivity index (χ0) is 31.9. The summed E-state index contributed by atoms with van der Waals surface area (Å²) in [6.07, 6.45) is 1.67. The molecule has 0 aliphatic rings. The Labute approximate surface area is 261 Å². The highest BCUT2D eigenvalue weighted by Crippen LogP contribution is 2.30. The number of hydrogen-bond acceptors (Lipinski definition) is 6. The average molecular weight is 650 g/mol. The summed E-state index contributed by atoms with van der Waals surface area (Å²) in [5, 5.41) is 14.9. The predicted octanol–water partition coefficient (Wildman–Crippen LogP) is 5.53. The molecule has 2 atom stereocenters. The van der Waals surface area contributed by atoms with Gasteiger partial charge in [0, 0.05) is 46.7 Å². The second kappa shape index (κ2) is 14.7. The minimum Gasteiger partial charge on any atom is -0.352 e. The van der Waals surface area contributed by atoms with Crippen LogP contribution < -0.4 is 9.62 Å². The standard InChI is InChI=1S/C30H34Cl2N4O6S/c1-5-21(3)33-30(38)28(16-22-10-7-6-8-11-22)34(18-24-25(31)12-9-13-26(24)32)29(37)19-35(43(4,41)42)27-17-23(36(39)40)15-14-20(27)2/h6-15,17,21,28H,5,16,18-19H2,1-4H3,(H,33,38)/t21-,28+/m1/s1. The van der Waals surface area contributed by atoms with Crippen LogP contribution in [-0.2, 0) is 32.6 Å². The summed E-state index contributed by atoms with van der Waals surface area (Å²) in [6.45, 7) is 4.40. The van der Waals surface area contributed by atoms with E-state index in [1.54, 1.807) is 25.1 Å². The van der Waals surface area contributed by atoms with E-state index in [-0.39, 0.29) is 40.4 Å². The lowest BCUT2D eigenvalue weighted by molar-refractivity contribution is -0.384. The molecule has 10 nitrogen and oxygen atoms in total. The molecule has 13 heteroatoms. The minimum atomic E-state index is -4.12. The molecule has 0 aliphatic heterocycles. The Hall–Kier alpha value is -3.67. The van der Waals surface area contributed by atoms with E-state index in [1.807, 2.05) is 44.2 Å². The summed E-state index contributed by atoms with van der Waals surface area (Å²) in [6, 6.07) is 16.4. The van der Waals surface area contributed by atoms with Gasteiger partial charge in [-0.2, -0.15) is 0 Å². The molecule has 0 saturated carbocycles. The number of carbonyl (C=O) groups excluding carboxylic acids is 2. The zero-order valence-electron chi connectivity index (χ0n) is 24.3. The van der Waals surface area contributed by atoms with Gasteiger partial charge < -0.3 is 10.2 Å². The quantitative estimate of drug-likeness (QED) is 0.192. The maximum absolute atomic E-state index is 14.2. The molecule has 0 saturated heterocycles. The van der Waals surface area contributed by atoms with Crippen LogP contribution in [0.1, 0.15) is 37.0 Å². The first kappa shape index (κ1) is 33.8. The number of hydrogen-bond donors (Lipinski definition) is 1. The number of sulfonamides is 1. The van der Waals surface area contributed by atoms with Crippen molar-refractivity contribution in [2.45, 2.75) is 52.2 Å². The van der Waals surface area contributed by atoms with Gasteiger partial charge in [-0.25, -0.2) is 8.42 Å². The van der Waals surface area contributed by atoms with Crippen LogP contribution in [0.3, 0.4) is 0 Å². The highest BCUT2D eigenvalue weighted by molar-refractivity contribution is 7.92. The van der Waals surface area contributed by atoms with Gasteiger partial charge in [0.15, 0.2) is 0 Å². The Morgan fingerprint density at radius 3 is 2.21 bits per heavy atom. The highest BCUT2D eigenvalue weighted by Gasteiger charge is 2.34. The van der Waals surface area contributed by atoms with E-state index >= 15 is 0 Å². The molecule has 0 spiro atoms. The van der Waals surface area contributed by atoms with Crippen molar-refractivity contribution in [3.8, 4) is 0 Å². The van der Waals surface area contributed by atoms with Crippen molar-refractivity contribution in [2.75, 3.05) is 17.1 Å². The Morgan fingerprint density at radius 1 is 1.02 bits per heavy atom. The van der Waals surface area contributed by atoms with E-state index in [1.165, 1.54) is 17.0 Å². The number of aryl methyl sites for hydroxylation is 1. The van der Waals surface area contributed by atoms with Crippen molar-refractivity contribution in [1.82, 2.24) is 10.2 Å². The second-order valence-electron chi connectivity index (χ2n) is 10.2. The summed E-state index contributed by atoms with van der Waals surface area (Å²) >= 11 is 13.0. The van der Waals surface area contributed by atoms with Crippen LogP contribution in [0.2, 0.25) is 10.0 Å². The van der Waals surface area contributed by atoms with E-state index in [0.717, 1.165) is 22.2 Å². The largest absolute Gasteiger partial charge is 0.352 e. The molecule has 0 heterocycles. The fourth-order valence-electron chi connectivity index (χ4n) is 4.42. The molecule has 2 amide bonds. The molecule has 3 aromatic rings. The van der Waals surface area contributed by atoms with Gasteiger partial charge in [0.1, 0.15) is 12.6 Å². The Kier molecular flexibility index (Phi) is 11.5. The Balaban J connectivity index is 2.16. The van der Waals surface area contributed by atoms with Crippen LogP contribution in [0.4, 0.5) is 11.4 Å². The highest BCUT2D eigenvalue weighted by atomic mass is 35.5. The third-order valence-corrected chi connectivity index (χ3v) is 8.85. The summed E-state index contributed by atoms with van der Waals surface area (Å²) in [5.41, 5.74) is 1.19. The van der Waals surface area contributed by atoms with Crippen LogP contribution in [-0.4, -0.2) is 54.9 Å². The Bertz CT molecular complexity index is 1570. The van der Waals surface area contributed by atoms with Gasteiger partial charge >= 0.3 is 0 Å². The van der Waals surface area contributed by atoms with Gasteiger partial charge in [0.2, 0.25) is 21.8 Å². The van der Waals surface area contributed by atoms with Crippen LogP contribution in [0, 0.1) is 17.0 Å². The maximum atomic E-state index is 14.2. The molecule has 0 bridgehead atoms. The van der Waals surface area contributed by atoms with E-state index in [2.05, 4.69) is 5.32 Å². The molecule has 43 heavy (non-hydrogen) atoms. The molecule has 0 fully saturated rings. The number of nitrogens with zero attached hydrogens (tertiary/aromatic N) is 3. The molecular weight excluding hydrogens is 615 g/mol. The van der Waals surface area contributed by atoms with Crippen LogP contribution >= 0.6 is 23.2 Å². The first-order chi connectivity index (χ1) is 20.2. The van der Waals surface area contributed by atoms with Crippen LogP contribution in [0.25, 0.3) is 0 Å². The number of nitro benzene ring substituents is 1. The van der Waals surface area contributed by atoms with Gasteiger partial charge in [-0.15, -0.1) is 0 Å². The smallest absolute Gasteiger partial charge is 0.271 e. The molecule has 0 aromatic heterocycles. The fraction of sp³-hybridized carbons (Fsp3) is 0.333. The van der Waals surface area contributed by atoms with E-state index in [4.69, 9.17) is 23.2 Å². The minimum absolute atomic E-state index is 0.0237. The number of carbonyl (C=O) groups is 2. The van der Waals surface area contributed by atoms with Gasteiger partial charge in [-0.05, 0) is 43.5 Å². The lowest BCUT2D eigenvalue weighted by atomic mass is 10.0. The number of nitro groups is 1. The van der Waals surface area contributed by atoms with Gasteiger partial charge in [-0.3, -0.25) is 24.0 Å². The first-order valence-corrected chi connectivity index (χ1v) is 16.1. The van der Waals surface area contributed by atoms with Crippen molar-refractivity contribution in [3.05, 3.63) is 104 Å². The number of halogens is 2. The van der Waals surface area contributed by atoms with Crippen molar-refractivity contribution < 1.29 is 22.9 Å². The van der Waals surface area contributed by atoms with Crippen molar-refractivity contribution in [3.63, 3.8) is 0 Å². The molecule has 230 valence electrons. The SMILES string of the molecule is CC[C@@H](C)NC(=O)[C@H](Cc1ccccc1)N(Cc1c(Cl)cccc1Cl)C(=O)CN(c1cc([N+](=O)[O-])ccc1C)S(C)(=O)=O. The molecule has 3 aromatic carbocycles. The molecular formula is C30H34Cl2N4O6S. The summed E-state index contributed by atoms with van der Waals surface area (Å²) in [7, 11) is -4.12. The third kappa shape index (κ3) is 8.92. The maximum Gasteiger partial charge on any atom is 0.271 e. The van der Waals surface area contributed by atoms with Gasteiger partial charge in [-0.1, -0.05) is 72.6 Å². The number of amides is 2. The zero-order valence-corrected chi connectivity index (χ0v) is 26.6. The average Bonchev–Trinajstić information content (AvgIpc) is 2.95. The molecule has 0 radical (unpaired) electrons. The molecule has 1 N–H and O–H groups in total. The Morgan fingerprint density at radius 2 is 1.65 bits per heavy atom. The number of benzene rings is 3. The van der Waals surface area contributed by atoms with Crippen molar-refractivity contribution in [1.29, 1.82) is 0 Å². The summed E-state index contributed by atoms with van der Waals surface area (Å²) in [5.74, 6) is -1.17. The molecule has 0 unspecified atom stereocenters. The monoisotopic (exact) mass is 648 g/mol.